The first kappa shape index (κ1) is 18.9. The molecule has 4 heterocycles. The summed E-state index contributed by atoms with van der Waals surface area (Å²) >= 11 is 3.05. The number of nitrogens with zero attached hydrogens (tertiary/aromatic N) is 5. The van der Waals surface area contributed by atoms with Gasteiger partial charge in [0.25, 0.3) is 0 Å². The van der Waals surface area contributed by atoms with E-state index >= 15 is 0 Å². The quantitative estimate of drug-likeness (QED) is 0.519. The van der Waals surface area contributed by atoms with E-state index in [0.717, 1.165) is 20.2 Å². The van der Waals surface area contributed by atoms with Gasteiger partial charge in [-0.2, -0.15) is 5.10 Å². The molecule has 2 aliphatic rings. The van der Waals surface area contributed by atoms with E-state index in [9.17, 15) is 4.39 Å². The predicted molar refractivity (Wildman–Crippen MR) is 114 cm³/mol. The summed E-state index contributed by atoms with van der Waals surface area (Å²) in [4.78, 5) is 14.0. The zero-order valence-corrected chi connectivity index (χ0v) is 17.8. The van der Waals surface area contributed by atoms with E-state index < -0.39 is 0 Å². The third-order valence-electron chi connectivity index (χ3n) is 5.13. The van der Waals surface area contributed by atoms with Crippen LogP contribution in [0.25, 0.3) is 21.5 Å². The van der Waals surface area contributed by atoms with Gasteiger partial charge in [0.15, 0.2) is 15.8 Å². The van der Waals surface area contributed by atoms with Gasteiger partial charge in [0, 0.05) is 17.3 Å². The molecule has 3 aromatic heterocycles. The summed E-state index contributed by atoms with van der Waals surface area (Å²) < 4.78 is 23.0. The molecule has 1 aliphatic carbocycles. The Hall–Kier alpha value is -2.10. The van der Waals surface area contributed by atoms with Crippen LogP contribution in [0.15, 0.2) is 29.1 Å². The van der Waals surface area contributed by atoms with Crippen molar-refractivity contribution in [2.75, 3.05) is 12.9 Å². The Morgan fingerprint density at radius 1 is 1.34 bits per heavy atom. The lowest BCUT2D eigenvalue weighted by Gasteiger charge is -2.20. The molecule has 0 amide bonds. The van der Waals surface area contributed by atoms with Gasteiger partial charge < -0.3 is 4.74 Å². The van der Waals surface area contributed by atoms with Gasteiger partial charge in [0.2, 0.25) is 0 Å². The van der Waals surface area contributed by atoms with Crippen molar-refractivity contribution in [3.05, 3.63) is 41.9 Å². The molecule has 9 heteroatoms. The summed E-state index contributed by atoms with van der Waals surface area (Å²) in [6, 6.07) is 0.537. The Kier molecular flexibility index (Phi) is 4.97. The molecular formula is C20H20FN5OS2. The summed E-state index contributed by atoms with van der Waals surface area (Å²) in [5.74, 6) is 0.592. The number of thiazole rings is 1. The van der Waals surface area contributed by atoms with Crippen molar-refractivity contribution in [3.8, 4) is 0 Å². The van der Waals surface area contributed by atoms with Crippen molar-refractivity contribution in [1.82, 2.24) is 24.7 Å². The fourth-order valence-corrected chi connectivity index (χ4v) is 4.94. The van der Waals surface area contributed by atoms with Crippen LogP contribution in [0.2, 0.25) is 0 Å². The van der Waals surface area contributed by atoms with Crippen LogP contribution in [0.3, 0.4) is 0 Å². The van der Waals surface area contributed by atoms with Crippen LogP contribution in [-0.2, 0) is 4.74 Å². The van der Waals surface area contributed by atoms with Crippen molar-refractivity contribution < 1.29 is 9.13 Å². The molecule has 0 saturated heterocycles. The number of fused-ring (bicyclic) bond motifs is 1. The largest absolute Gasteiger partial charge is 0.369 e. The summed E-state index contributed by atoms with van der Waals surface area (Å²) in [5, 5.41) is 4.47. The van der Waals surface area contributed by atoms with Crippen molar-refractivity contribution in [3.63, 3.8) is 0 Å². The molecule has 5 rings (SSSR count). The maximum atomic E-state index is 13.3. The van der Waals surface area contributed by atoms with Gasteiger partial charge in [-0.1, -0.05) is 11.8 Å². The molecule has 1 aliphatic heterocycles. The fourth-order valence-electron chi connectivity index (χ4n) is 3.38. The molecular weight excluding hydrogens is 409 g/mol. The van der Waals surface area contributed by atoms with E-state index in [1.54, 1.807) is 18.7 Å². The molecule has 0 N–H and O–H groups in total. The standard InChI is InChI=1S/C20H20FN5OS2/c1-11(8-21)16-17-19(25-20(28-2)29-17)24-18(23-16)12-5-6-27-15(7-12)13-9-22-26(10-13)14-3-4-14/h7-10,14-15H,3-6H2,1-2H3/b11-8-. The molecule has 1 saturated carbocycles. The van der Waals surface area contributed by atoms with E-state index in [2.05, 4.69) is 22.4 Å². The van der Waals surface area contributed by atoms with E-state index in [4.69, 9.17) is 14.7 Å². The highest BCUT2D eigenvalue weighted by atomic mass is 32.2. The van der Waals surface area contributed by atoms with Gasteiger partial charge in [0.1, 0.15) is 10.8 Å². The lowest BCUT2D eigenvalue weighted by molar-refractivity contribution is 0.0825. The first-order chi connectivity index (χ1) is 14.2. The molecule has 0 spiro atoms. The molecule has 1 fully saturated rings. The first-order valence-corrected chi connectivity index (χ1v) is 11.6. The topological polar surface area (TPSA) is 65.7 Å². The van der Waals surface area contributed by atoms with Crippen LogP contribution in [-0.4, -0.2) is 37.6 Å². The SMILES string of the molecule is CSc1nc2nc(C3=CC(c4cnn(C5CC5)c4)OCC3)nc(/C(C)=C\F)c2s1. The number of halogens is 1. The number of hydrogen-bond acceptors (Lipinski definition) is 7. The highest BCUT2D eigenvalue weighted by Crippen LogP contribution is 2.37. The second-order valence-corrected chi connectivity index (χ2v) is 9.30. The van der Waals surface area contributed by atoms with E-state index in [0.29, 0.717) is 48.1 Å². The molecule has 1 atom stereocenters. The Labute approximate surface area is 175 Å². The van der Waals surface area contributed by atoms with Gasteiger partial charge in [-0.3, -0.25) is 4.68 Å². The highest BCUT2D eigenvalue weighted by molar-refractivity contribution is 8.00. The molecule has 3 aromatic rings. The van der Waals surface area contributed by atoms with Gasteiger partial charge in [-0.05, 0) is 44.1 Å². The minimum Gasteiger partial charge on any atom is -0.369 e. The maximum Gasteiger partial charge on any atom is 0.176 e. The van der Waals surface area contributed by atoms with Crippen LogP contribution in [0, 0.1) is 0 Å². The number of hydrogen-bond donors (Lipinski definition) is 0. The molecule has 150 valence electrons. The van der Waals surface area contributed by atoms with Gasteiger partial charge >= 0.3 is 0 Å². The summed E-state index contributed by atoms with van der Waals surface area (Å²) in [5.41, 5.74) is 3.73. The molecule has 0 aromatic carbocycles. The van der Waals surface area contributed by atoms with E-state index in [-0.39, 0.29) is 6.10 Å². The minimum absolute atomic E-state index is 0.177. The van der Waals surface area contributed by atoms with Crippen molar-refractivity contribution in [2.24, 2.45) is 0 Å². The fraction of sp³-hybridized carbons (Fsp3) is 0.400. The van der Waals surface area contributed by atoms with Gasteiger partial charge in [-0.25, -0.2) is 19.3 Å². The highest BCUT2D eigenvalue weighted by Gasteiger charge is 2.27. The van der Waals surface area contributed by atoms with Crippen LogP contribution in [0.4, 0.5) is 4.39 Å². The van der Waals surface area contributed by atoms with E-state index in [1.807, 2.05) is 17.1 Å². The third kappa shape index (κ3) is 3.62. The summed E-state index contributed by atoms with van der Waals surface area (Å²) in [7, 11) is 0. The average molecular weight is 430 g/mol. The van der Waals surface area contributed by atoms with Crippen molar-refractivity contribution >= 4 is 44.6 Å². The normalized spacial score (nSPS) is 20.3. The number of thioether (sulfide) groups is 1. The van der Waals surface area contributed by atoms with Crippen LogP contribution in [0.1, 0.15) is 55.4 Å². The van der Waals surface area contributed by atoms with Crippen molar-refractivity contribution in [2.45, 2.75) is 42.7 Å². The third-order valence-corrected chi connectivity index (χ3v) is 7.16. The average Bonchev–Trinajstić information content (AvgIpc) is 3.33. The Balaban J connectivity index is 1.55. The first-order valence-electron chi connectivity index (χ1n) is 9.53. The van der Waals surface area contributed by atoms with Gasteiger partial charge in [0.05, 0.1) is 30.9 Å². The lowest BCUT2D eigenvalue weighted by atomic mass is 10.0. The number of rotatable bonds is 5. The van der Waals surface area contributed by atoms with Crippen LogP contribution >= 0.6 is 23.1 Å². The van der Waals surface area contributed by atoms with E-state index in [1.165, 1.54) is 24.2 Å². The second-order valence-electron chi connectivity index (χ2n) is 7.24. The van der Waals surface area contributed by atoms with Crippen LogP contribution < -0.4 is 0 Å². The minimum atomic E-state index is -0.177. The maximum absolute atomic E-state index is 13.3. The Morgan fingerprint density at radius 2 is 2.21 bits per heavy atom. The Bertz CT molecular complexity index is 1130. The molecule has 0 radical (unpaired) electrons. The van der Waals surface area contributed by atoms with Gasteiger partial charge in [-0.15, -0.1) is 11.3 Å². The molecule has 6 nitrogen and oxygen atoms in total. The van der Waals surface area contributed by atoms with Crippen LogP contribution in [0.5, 0.6) is 0 Å². The zero-order chi connectivity index (χ0) is 20.0. The number of aromatic nitrogens is 5. The molecule has 29 heavy (non-hydrogen) atoms. The monoisotopic (exact) mass is 429 g/mol. The smallest absolute Gasteiger partial charge is 0.176 e. The number of ether oxygens (including phenoxy) is 1. The zero-order valence-electron chi connectivity index (χ0n) is 16.1. The summed E-state index contributed by atoms with van der Waals surface area (Å²) in [6.07, 6.45) is 11.5. The van der Waals surface area contributed by atoms with Crippen molar-refractivity contribution in [1.29, 1.82) is 0 Å². The second kappa shape index (κ2) is 7.62. The molecule has 1 unspecified atom stereocenters. The predicted octanol–water partition coefficient (Wildman–Crippen LogP) is 5.21. The lowest BCUT2D eigenvalue weighted by Crippen LogP contribution is -2.11. The number of allylic oxidation sites excluding steroid dienone is 1. The molecule has 0 bridgehead atoms. The Morgan fingerprint density at radius 3 is 2.97 bits per heavy atom. The summed E-state index contributed by atoms with van der Waals surface area (Å²) in [6.45, 7) is 2.30.